The second-order valence-electron chi connectivity index (χ2n) is 4.80. The lowest BCUT2D eigenvalue weighted by Crippen LogP contribution is -2.49. The summed E-state index contributed by atoms with van der Waals surface area (Å²) in [5.74, 6) is 0.0393. The van der Waals surface area contributed by atoms with Gasteiger partial charge >= 0.3 is 0 Å². The molecule has 1 aromatic rings. The molecule has 4 heteroatoms. The Morgan fingerprint density at radius 2 is 2.00 bits per heavy atom. The van der Waals surface area contributed by atoms with Crippen molar-refractivity contribution in [3.63, 3.8) is 0 Å². The van der Waals surface area contributed by atoms with E-state index in [0.717, 1.165) is 30.8 Å². The molecule has 1 unspecified atom stereocenters. The predicted molar refractivity (Wildman–Crippen MR) is 74.9 cm³/mol. The Morgan fingerprint density at radius 1 is 1.33 bits per heavy atom. The zero-order valence-electron chi connectivity index (χ0n) is 11.1. The topological polar surface area (TPSA) is 49.6 Å². The van der Waals surface area contributed by atoms with Gasteiger partial charge in [0.1, 0.15) is 0 Å². The van der Waals surface area contributed by atoms with Crippen LogP contribution in [-0.4, -0.2) is 32.1 Å². The van der Waals surface area contributed by atoms with Crippen LogP contribution >= 0.6 is 0 Å². The number of carbonyl (C=O) groups excluding carboxylic acids is 1. The third-order valence-electron chi connectivity index (χ3n) is 3.43. The Labute approximate surface area is 108 Å². The molecule has 1 aromatic carbocycles. The van der Waals surface area contributed by atoms with Crippen molar-refractivity contribution < 1.29 is 4.79 Å². The second kappa shape index (κ2) is 5.40. The molecule has 1 aliphatic heterocycles. The maximum absolute atomic E-state index is 12.3. The molecule has 0 bridgehead atoms. The van der Waals surface area contributed by atoms with E-state index in [1.54, 1.807) is 0 Å². The molecule has 1 aliphatic rings. The minimum absolute atomic E-state index is 0.0393. The largest absolute Gasteiger partial charge is 0.371 e. The molecule has 0 aliphatic carbocycles. The molecule has 1 amide bonds. The number of nitrogens with zero attached hydrogens (tertiary/aromatic N) is 2. The molecule has 2 rings (SSSR count). The normalized spacial score (nSPS) is 16.4. The van der Waals surface area contributed by atoms with E-state index in [9.17, 15) is 4.79 Å². The highest BCUT2D eigenvalue weighted by Gasteiger charge is 2.27. The molecule has 18 heavy (non-hydrogen) atoms. The second-order valence-corrected chi connectivity index (χ2v) is 4.80. The summed E-state index contributed by atoms with van der Waals surface area (Å²) in [6.45, 7) is 3.61. The van der Waals surface area contributed by atoms with Gasteiger partial charge in [0.15, 0.2) is 0 Å². The van der Waals surface area contributed by atoms with E-state index in [0.29, 0.717) is 6.54 Å². The summed E-state index contributed by atoms with van der Waals surface area (Å²) >= 11 is 0. The highest BCUT2D eigenvalue weighted by molar-refractivity contribution is 6.00. The number of rotatable bonds is 3. The van der Waals surface area contributed by atoms with E-state index in [1.165, 1.54) is 0 Å². The lowest BCUT2D eigenvalue weighted by atomic mass is 10.1. The average molecular weight is 247 g/mol. The Morgan fingerprint density at radius 3 is 2.67 bits per heavy atom. The molecule has 1 atom stereocenters. The van der Waals surface area contributed by atoms with Crippen molar-refractivity contribution >= 4 is 17.3 Å². The Balaban J connectivity index is 2.26. The monoisotopic (exact) mass is 247 g/mol. The number of benzene rings is 1. The van der Waals surface area contributed by atoms with Gasteiger partial charge in [-0.15, -0.1) is 0 Å². The zero-order chi connectivity index (χ0) is 13.1. The number of carbonyl (C=O) groups is 1. The molecule has 1 heterocycles. The summed E-state index contributed by atoms with van der Waals surface area (Å²) in [5, 5.41) is 0. The van der Waals surface area contributed by atoms with Gasteiger partial charge in [-0.1, -0.05) is 25.5 Å². The predicted octanol–water partition coefficient (Wildman–Crippen LogP) is 1.60. The quantitative estimate of drug-likeness (QED) is 0.882. The lowest BCUT2D eigenvalue weighted by molar-refractivity contribution is -0.120. The standard InChI is InChI=1S/C14H21N3O/c1-3-6-11(15)14(18)17-10-9-16(2)12-7-4-5-8-13(12)17/h4-5,7-8,11H,3,6,9-10,15H2,1-2H3. The van der Waals surface area contributed by atoms with Crippen LogP contribution in [0, 0.1) is 0 Å². The van der Waals surface area contributed by atoms with E-state index in [-0.39, 0.29) is 11.9 Å². The van der Waals surface area contributed by atoms with Crippen molar-refractivity contribution in [2.24, 2.45) is 5.73 Å². The van der Waals surface area contributed by atoms with Crippen molar-refractivity contribution in [1.82, 2.24) is 0 Å². The number of anilines is 2. The van der Waals surface area contributed by atoms with Crippen molar-refractivity contribution in [2.75, 3.05) is 29.9 Å². The number of nitrogens with two attached hydrogens (primary N) is 1. The molecule has 2 N–H and O–H groups in total. The Kier molecular flexibility index (Phi) is 3.87. The molecule has 0 aromatic heterocycles. The van der Waals surface area contributed by atoms with Gasteiger partial charge in [-0.3, -0.25) is 4.79 Å². The van der Waals surface area contributed by atoms with Crippen molar-refractivity contribution in [3.8, 4) is 0 Å². The minimum atomic E-state index is -0.383. The summed E-state index contributed by atoms with van der Waals surface area (Å²) in [5.41, 5.74) is 8.02. The van der Waals surface area contributed by atoms with Gasteiger partial charge in [-0.05, 0) is 18.6 Å². The summed E-state index contributed by atoms with van der Waals surface area (Å²) in [6, 6.07) is 7.60. The van der Waals surface area contributed by atoms with Crippen LogP contribution in [0.2, 0.25) is 0 Å². The minimum Gasteiger partial charge on any atom is -0.371 e. The van der Waals surface area contributed by atoms with Crippen LogP contribution in [0.5, 0.6) is 0 Å². The third kappa shape index (κ3) is 2.34. The number of fused-ring (bicyclic) bond motifs is 1. The molecule has 0 saturated carbocycles. The van der Waals surface area contributed by atoms with Crippen LogP contribution < -0.4 is 15.5 Å². The molecule has 0 saturated heterocycles. The van der Waals surface area contributed by atoms with E-state index >= 15 is 0 Å². The summed E-state index contributed by atoms with van der Waals surface area (Å²) in [4.78, 5) is 16.3. The molecule has 0 fully saturated rings. The first-order chi connectivity index (χ1) is 8.65. The van der Waals surface area contributed by atoms with Gasteiger partial charge in [0, 0.05) is 20.1 Å². The number of amides is 1. The first-order valence-corrected chi connectivity index (χ1v) is 6.52. The number of hydrogen-bond acceptors (Lipinski definition) is 3. The smallest absolute Gasteiger partial charge is 0.244 e. The highest BCUT2D eigenvalue weighted by Crippen LogP contribution is 2.32. The molecule has 0 radical (unpaired) electrons. The fraction of sp³-hybridized carbons (Fsp3) is 0.500. The Hall–Kier alpha value is -1.55. The molecule has 0 spiro atoms. The summed E-state index contributed by atoms with van der Waals surface area (Å²) in [6.07, 6.45) is 1.68. The van der Waals surface area contributed by atoms with Crippen LogP contribution in [0.1, 0.15) is 19.8 Å². The average Bonchev–Trinajstić information content (AvgIpc) is 2.39. The van der Waals surface area contributed by atoms with Gasteiger partial charge in [0.25, 0.3) is 0 Å². The van der Waals surface area contributed by atoms with Crippen LogP contribution in [0.3, 0.4) is 0 Å². The zero-order valence-corrected chi connectivity index (χ0v) is 11.1. The summed E-state index contributed by atoms with van der Waals surface area (Å²) < 4.78 is 0. The van der Waals surface area contributed by atoms with Gasteiger partial charge in [0.05, 0.1) is 17.4 Å². The Bertz CT molecular complexity index is 433. The van der Waals surface area contributed by atoms with E-state index in [2.05, 4.69) is 4.90 Å². The fourth-order valence-corrected chi connectivity index (χ4v) is 2.37. The first kappa shape index (κ1) is 12.9. The number of likely N-dealkylation sites (N-methyl/N-ethyl adjacent to an activating group) is 1. The van der Waals surface area contributed by atoms with Gasteiger partial charge in [-0.25, -0.2) is 0 Å². The van der Waals surface area contributed by atoms with E-state index < -0.39 is 0 Å². The third-order valence-corrected chi connectivity index (χ3v) is 3.43. The fourth-order valence-electron chi connectivity index (χ4n) is 2.37. The first-order valence-electron chi connectivity index (χ1n) is 6.52. The SMILES string of the molecule is CCCC(N)C(=O)N1CCN(C)c2ccccc21. The van der Waals surface area contributed by atoms with Gasteiger partial charge in [0.2, 0.25) is 5.91 Å². The van der Waals surface area contributed by atoms with Crippen LogP contribution in [0.4, 0.5) is 11.4 Å². The van der Waals surface area contributed by atoms with E-state index in [4.69, 9.17) is 5.73 Å². The van der Waals surface area contributed by atoms with Gasteiger partial charge in [-0.2, -0.15) is 0 Å². The van der Waals surface area contributed by atoms with Crippen molar-refractivity contribution in [2.45, 2.75) is 25.8 Å². The highest BCUT2D eigenvalue weighted by atomic mass is 16.2. The van der Waals surface area contributed by atoms with Crippen molar-refractivity contribution in [1.29, 1.82) is 0 Å². The lowest BCUT2D eigenvalue weighted by Gasteiger charge is -2.36. The van der Waals surface area contributed by atoms with Crippen LogP contribution in [-0.2, 0) is 4.79 Å². The van der Waals surface area contributed by atoms with Crippen LogP contribution in [0.25, 0.3) is 0 Å². The van der Waals surface area contributed by atoms with Crippen LogP contribution in [0.15, 0.2) is 24.3 Å². The molecular weight excluding hydrogens is 226 g/mol. The number of hydrogen-bond donors (Lipinski definition) is 1. The van der Waals surface area contributed by atoms with Gasteiger partial charge < -0.3 is 15.5 Å². The number of para-hydroxylation sites is 2. The molecule has 4 nitrogen and oxygen atoms in total. The summed E-state index contributed by atoms with van der Waals surface area (Å²) in [7, 11) is 2.05. The maximum Gasteiger partial charge on any atom is 0.244 e. The van der Waals surface area contributed by atoms with E-state index in [1.807, 2.05) is 43.1 Å². The molecular formula is C14H21N3O. The maximum atomic E-state index is 12.3. The van der Waals surface area contributed by atoms with Crippen molar-refractivity contribution in [3.05, 3.63) is 24.3 Å². The molecule has 98 valence electrons.